The van der Waals surface area contributed by atoms with Crippen LogP contribution >= 0.6 is 0 Å². The van der Waals surface area contributed by atoms with Gasteiger partial charge < -0.3 is 14.2 Å². The third-order valence-electron chi connectivity index (χ3n) is 5.56. The van der Waals surface area contributed by atoms with Gasteiger partial charge in [-0.25, -0.2) is 0 Å². The van der Waals surface area contributed by atoms with Crippen LogP contribution in [0.2, 0.25) is 0 Å². The number of rotatable bonds is 2. The molecule has 27 heavy (non-hydrogen) atoms. The van der Waals surface area contributed by atoms with Gasteiger partial charge in [-0.15, -0.1) is 0 Å². The number of benzene rings is 3. The minimum atomic E-state index is -1.11. The molecular formula is C23H20O4. The number of fused-ring (bicyclic) bond motifs is 8. The van der Waals surface area contributed by atoms with Crippen LogP contribution in [0, 0.1) is 5.92 Å². The molecule has 2 heterocycles. The lowest BCUT2D eigenvalue weighted by molar-refractivity contribution is -0.193. The molecule has 0 saturated carbocycles. The van der Waals surface area contributed by atoms with Crippen LogP contribution in [0.4, 0.5) is 0 Å². The van der Waals surface area contributed by atoms with Gasteiger partial charge >= 0.3 is 5.97 Å². The first-order chi connectivity index (χ1) is 13.1. The zero-order chi connectivity index (χ0) is 18.6. The number of hydrogen-bond acceptors (Lipinski definition) is 4. The van der Waals surface area contributed by atoms with E-state index in [-0.39, 0.29) is 11.9 Å². The zero-order valence-electron chi connectivity index (χ0n) is 15.3. The van der Waals surface area contributed by atoms with E-state index in [1.54, 1.807) is 0 Å². The van der Waals surface area contributed by atoms with E-state index in [9.17, 15) is 4.79 Å². The van der Waals surface area contributed by atoms with E-state index in [2.05, 4.69) is 12.1 Å². The molecule has 2 aliphatic rings. The summed E-state index contributed by atoms with van der Waals surface area (Å²) in [5, 5.41) is 2.21. The van der Waals surface area contributed by atoms with Gasteiger partial charge in [-0.2, -0.15) is 0 Å². The van der Waals surface area contributed by atoms with E-state index in [0.29, 0.717) is 6.61 Å². The summed E-state index contributed by atoms with van der Waals surface area (Å²) in [6, 6.07) is 20.1. The highest BCUT2D eigenvalue weighted by Crippen LogP contribution is 2.56. The van der Waals surface area contributed by atoms with Gasteiger partial charge in [0, 0.05) is 24.0 Å². The zero-order valence-corrected chi connectivity index (χ0v) is 15.3. The van der Waals surface area contributed by atoms with Gasteiger partial charge in [0.15, 0.2) is 0 Å². The van der Waals surface area contributed by atoms with Crippen LogP contribution in [0.25, 0.3) is 10.8 Å². The first-order valence-corrected chi connectivity index (χ1v) is 9.27. The van der Waals surface area contributed by atoms with Crippen molar-refractivity contribution >= 4 is 16.7 Å². The van der Waals surface area contributed by atoms with Gasteiger partial charge in [-0.1, -0.05) is 48.5 Å². The fourth-order valence-electron chi connectivity index (χ4n) is 4.49. The average Bonchev–Trinajstić information content (AvgIpc) is 2.66. The van der Waals surface area contributed by atoms with Crippen molar-refractivity contribution in [3.8, 4) is 11.5 Å². The van der Waals surface area contributed by atoms with E-state index in [4.69, 9.17) is 14.2 Å². The molecule has 3 aromatic carbocycles. The van der Waals surface area contributed by atoms with E-state index in [1.165, 1.54) is 0 Å². The van der Waals surface area contributed by atoms with Crippen LogP contribution in [0.1, 0.15) is 30.9 Å². The molecule has 0 fully saturated rings. The summed E-state index contributed by atoms with van der Waals surface area (Å²) in [4.78, 5) is 13.0. The maximum atomic E-state index is 13.0. The Morgan fingerprint density at radius 1 is 1.00 bits per heavy atom. The van der Waals surface area contributed by atoms with Crippen LogP contribution in [0.5, 0.6) is 11.5 Å². The fraction of sp³-hybridized carbons (Fsp3) is 0.261. The second-order valence-electron chi connectivity index (χ2n) is 7.16. The first-order valence-electron chi connectivity index (χ1n) is 9.27. The van der Waals surface area contributed by atoms with E-state index >= 15 is 0 Å². The van der Waals surface area contributed by atoms with E-state index < -0.39 is 11.7 Å². The Hall–Kier alpha value is -3.01. The van der Waals surface area contributed by atoms with Crippen LogP contribution in [-0.4, -0.2) is 18.4 Å². The van der Waals surface area contributed by atoms with Gasteiger partial charge in [-0.05, 0) is 29.8 Å². The normalized spacial score (nSPS) is 25.0. The highest BCUT2D eigenvalue weighted by molar-refractivity contribution is 5.91. The van der Waals surface area contributed by atoms with Gasteiger partial charge in [0.1, 0.15) is 17.4 Å². The molecule has 0 aliphatic carbocycles. The Labute approximate surface area is 157 Å². The van der Waals surface area contributed by atoms with Crippen molar-refractivity contribution in [1.29, 1.82) is 0 Å². The highest BCUT2D eigenvalue weighted by Gasteiger charge is 2.58. The van der Waals surface area contributed by atoms with Gasteiger partial charge in [-0.3, -0.25) is 4.79 Å². The Balaban J connectivity index is 1.84. The van der Waals surface area contributed by atoms with Gasteiger partial charge in [0.2, 0.25) is 0 Å². The largest absolute Gasteiger partial charge is 0.466 e. The lowest BCUT2D eigenvalue weighted by atomic mass is 9.71. The fourth-order valence-corrected chi connectivity index (χ4v) is 4.49. The molecule has 0 saturated heterocycles. The molecule has 2 aliphatic heterocycles. The summed E-state index contributed by atoms with van der Waals surface area (Å²) in [5.74, 6) is -0.654. The molecule has 5 rings (SSSR count). The van der Waals surface area contributed by atoms with Crippen molar-refractivity contribution in [1.82, 2.24) is 0 Å². The number of hydrogen-bond donors (Lipinski definition) is 0. The molecule has 0 radical (unpaired) electrons. The molecule has 4 nitrogen and oxygen atoms in total. The number of esters is 1. The maximum absolute atomic E-state index is 13.0. The Kier molecular flexibility index (Phi) is 3.44. The van der Waals surface area contributed by atoms with Crippen molar-refractivity contribution < 1.29 is 19.0 Å². The lowest BCUT2D eigenvalue weighted by Gasteiger charge is -2.49. The first kappa shape index (κ1) is 16.2. The van der Waals surface area contributed by atoms with Crippen LogP contribution in [-0.2, 0) is 9.53 Å². The predicted octanol–water partition coefficient (Wildman–Crippen LogP) is 4.65. The number of para-hydroxylation sites is 1. The molecular weight excluding hydrogens is 340 g/mol. The topological polar surface area (TPSA) is 44.8 Å². The molecule has 3 aromatic rings. The number of ether oxygens (including phenoxy) is 3. The number of carbonyl (C=O) groups is 1. The smallest absolute Gasteiger partial charge is 0.317 e. The Bertz CT molecular complexity index is 1060. The molecule has 136 valence electrons. The molecule has 2 bridgehead atoms. The van der Waals surface area contributed by atoms with Crippen molar-refractivity contribution in [3.05, 3.63) is 71.8 Å². The van der Waals surface area contributed by atoms with E-state index in [1.807, 2.05) is 62.4 Å². The molecule has 0 spiro atoms. The summed E-state index contributed by atoms with van der Waals surface area (Å²) in [7, 11) is 0. The second kappa shape index (κ2) is 5.74. The average molecular weight is 360 g/mol. The van der Waals surface area contributed by atoms with Gasteiger partial charge in [0.05, 0.1) is 6.61 Å². The number of carbonyl (C=O) groups excluding carboxylic acids is 1. The quantitative estimate of drug-likeness (QED) is 0.624. The molecule has 4 heteroatoms. The highest BCUT2D eigenvalue weighted by atomic mass is 16.7. The summed E-state index contributed by atoms with van der Waals surface area (Å²) < 4.78 is 18.0. The standard InChI is InChI=1S/C23H20O4/c1-3-25-22(24)21-20-16-10-6-7-11-17(16)26-23(21,2)27-18-13-12-14-8-4-5-9-15(14)19(18)20/h4-13,20-21H,3H2,1-2H3/t20-,21+,23+/m1/s1. The lowest BCUT2D eigenvalue weighted by Crippen LogP contribution is -2.57. The third-order valence-corrected chi connectivity index (χ3v) is 5.56. The van der Waals surface area contributed by atoms with Crippen molar-refractivity contribution in [2.24, 2.45) is 5.92 Å². The molecule has 3 atom stereocenters. The van der Waals surface area contributed by atoms with Crippen molar-refractivity contribution in [3.63, 3.8) is 0 Å². The summed E-state index contributed by atoms with van der Waals surface area (Å²) >= 11 is 0. The van der Waals surface area contributed by atoms with Gasteiger partial charge in [0.25, 0.3) is 5.79 Å². The Morgan fingerprint density at radius 2 is 1.74 bits per heavy atom. The third kappa shape index (κ3) is 2.26. The summed E-state index contributed by atoms with van der Waals surface area (Å²) in [6.07, 6.45) is 0. The molecule has 0 amide bonds. The molecule has 0 unspecified atom stereocenters. The van der Waals surface area contributed by atoms with E-state index in [0.717, 1.165) is 33.4 Å². The summed E-state index contributed by atoms with van der Waals surface area (Å²) in [6.45, 7) is 3.97. The second-order valence-corrected chi connectivity index (χ2v) is 7.16. The summed E-state index contributed by atoms with van der Waals surface area (Å²) in [5.41, 5.74) is 2.02. The minimum Gasteiger partial charge on any atom is -0.466 e. The van der Waals surface area contributed by atoms with Crippen molar-refractivity contribution in [2.45, 2.75) is 25.6 Å². The van der Waals surface area contributed by atoms with Crippen LogP contribution in [0.15, 0.2) is 60.7 Å². The molecule has 0 N–H and O–H groups in total. The van der Waals surface area contributed by atoms with Crippen LogP contribution < -0.4 is 9.47 Å². The SMILES string of the molecule is CCOC(=O)[C@@H]1[C@@H]2c3ccccc3O[C@@]1(C)Oc1ccc3ccccc3c12. The maximum Gasteiger partial charge on any atom is 0.317 e. The molecule has 0 aromatic heterocycles. The monoisotopic (exact) mass is 360 g/mol. The van der Waals surface area contributed by atoms with Crippen molar-refractivity contribution in [2.75, 3.05) is 6.61 Å². The Morgan fingerprint density at radius 3 is 2.59 bits per heavy atom. The van der Waals surface area contributed by atoms with Crippen LogP contribution in [0.3, 0.4) is 0 Å². The minimum absolute atomic E-state index is 0.186. The predicted molar refractivity (Wildman–Crippen MR) is 102 cm³/mol.